The van der Waals surface area contributed by atoms with Gasteiger partial charge in [-0.15, -0.1) is 0 Å². The van der Waals surface area contributed by atoms with Gasteiger partial charge in [-0.25, -0.2) is 14.4 Å². The topological polar surface area (TPSA) is 67.4 Å². The average molecular weight is 477 g/mol. The van der Waals surface area contributed by atoms with Crippen LogP contribution < -0.4 is 10.1 Å². The second-order valence-electron chi connectivity index (χ2n) is 9.00. The number of methoxy groups -OCH3 is 1. The molecule has 0 bridgehead atoms. The Morgan fingerprint density at radius 2 is 1.74 bits per heavy atom. The van der Waals surface area contributed by atoms with Crippen LogP contribution >= 0.6 is 0 Å². The molecule has 35 heavy (non-hydrogen) atoms. The first-order chi connectivity index (χ1) is 17.1. The summed E-state index contributed by atoms with van der Waals surface area (Å²) in [6.07, 6.45) is 8.75. The van der Waals surface area contributed by atoms with Crippen molar-refractivity contribution in [2.75, 3.05) is 25.5 Å². The van der Waals surface area contributed by atoms with E-state index in [0.29, 0.717) is 36.3 Å². The number of nitrogens with one attached hydrogen (secondary N) is 1. The van der Waals surface area contributed by atoms with Gasteiger partial charge < -0.3 is 10.1 Å². The van der Waals surface area contributed by atoms with Crippen molar-refractivity contribution in [3.05, 3.63) is 76.9 Å². The quantitative estimate of drug-likeness (QED) is 0.377. The molecule has 6 nitrogen and oxygen atoms in total. The van der Waals surface area contributed by atoms with Gasteiger partial charge in [-0.2, -0.15) is 0 Å². The molecule has 0 saturated carbocycles. The molecular formula is C28H33FN4O2. The van der Waals surface area contributed by atoms with Crippen molar-refractivity contribution < 1.29 is 13.9 Å². The molecule has 0 atom stereocenters. The zero-order chi connectivity index (χ0) is 24.6. The van der Waals surface area contributed by atoms with Crippen LogP contribution in [0.1, 0.15) is 59.7 Å². The Bertz CT molecular complexity index is 1130. The number of aryl methyl sites for hydroxylation is 2. The Balaban J connectivity index is 1.34. The Hall–Kier alpha value is -3.32. The van der Waals surface area contributed by atoms with Gasteiger partial charge >= 0.3 is 0 Å². The fourth-order valence-electron chi connectivity index (χ4n) is 4.38. The minimum absolute atomic E-state index is 0.0390. The van der Waals surface area contributed by atoms with Crippen LogP contribution in [0.5, 0.6) is 5.75 Å². The summed E-state index contributed by atoms with van der Waals surface area (Å²) in [6, 6.07) is 11.5. The first-order valence-corrected chi connectivity index (χ1v) is 12.3. The van der Waals surface area contributed by atoms with Gasteiger partial charge in [0.2, 0.25) is 5.95 Å². The van der Waals surface area contributed by atoms with E-state index in [4.69, 9.17) is 4.74 Å². The van der Waals surface area contributed by atoms with Gasteiger partial charge in [-0.05, 0) is 79.7 Å². The largest absolute Gasteiger partial charge is 0.494 e. The Morgan fingerprint density at radius 1 is 1.03 bits per heavy atom. The molecule has 2 aromatic carbocycles. The van der Waals surface area contributed by atoms with Crippen molar-refractivity contribution in [3.63, 3.8) is 0 Å². The van der Waals surface area contributed by atoms with Gasteiger partial charge in [0.15, 0.2) is 17.3 Å². The summed E-state index contributed by atoms with van der Waals surface area (Å²) in [5.41, 5.74) is 4.05. The molecule has 1 aliphatic heterocycles. The van der Waals surface area contributed by atoms with Crippen molar-refractivity contribution in [3.8, 4) is 5.75 Å². The molecule has 4 rings (SSSR count). The lowest BCUT2D eigenvalue weighted by Crippen LogP contribution is -2.29. The van der Waals surface area contributed by atoms with E-state index in [0.717, 1.165) is 17.8 Å². The minimum Gasteiger partial charge on any atom is -0.494 e. The molecule has 1 aliphatic rings. The highest BCUT2D eigenvalue weighted by atomic mass is 19.1. The van der Waals surface area contributed by atoms with Gasteiger partial charge in [-0.3, -0.25) is 9.69 Å². The molecule has 2 heterocycles. The standard InChI is InChI=1S/C28H33FN4O2/c1-3-25(34)23-15-22(27(29)26(16-23)35-2)10-7-21-17-30-28(31-18-21)32-24-11-8-20(9-12-24)19-33-13-5-4-6-14-33/h8-9,11-12,15-18H,3-7,10,13-14,19H2,1-2H3,(H,30,31,32). The molecule has 0 unspecified atom stereocenters. The molecular weight excluding hydrogens is 443 g/mol. The molecule has 1 aromatic heterocycles. The second-order valence-corrected chi connectivity index (χ2v) is 9.00. The van der Waals surface area contributed by atoms with Crippen molar-refractivity contribution in [2.24, 2.45) is 0 Å². The van der Waals surface area contributed by atoms with E-state index in [1.165, 1.54) is 51.1 Å². The Morgan fingerprint density at radius 3 is 2.40 bits per heavy atom. The van der Waals surface area contributed by atoms with E-state index in [-0.39, 0.29) is 11.5 Å². The number of carbonyl (C=O) groups excluding carboxylic acids is 1. The molecule has 184 valence electrons. The molecule has 1 fully saturated rings. The van der Waals surface area contributed by atoms with Crippen LogP contribution in [-0.2, 0) is 19.4 Å². The number of halogens is 1. The normalized spacial score (nSPS) is 14.0. The van der Waals surface area contributed by atoms with E-state index in [1.807, 2.05) is 0 Å². The van der Waals surface area contributed by atoms with E-state index in [1.54, 1.807) is 25.4 Å². The SMILES string of the molecule is CCC(=O)c1cc(CCc2cnc(Nc3ccc(CN4CCCCC4)cc3)nc2)c(F)c(OC)c1. The maximum atomic E-state index is 14.7. The maximum absolute atomic E-state index is 14.7. The number of carbonyl (C=O) groups is 1. The average Bonchev–Trinajstić information content (AvgIpc) is 2.90. The van der Waals surface area contributed by atoms with Crippen molar-refractivity contribution in [1.82, 2.24) is 14.9 Å². The van der Waals surface area contributed by atoms with E-state index in [9.17, 15) is 9.18 Å². The Kier molecular flexibility index (Phi) is 8.42. The number of likely N-dealkylation sites (tertiary alicyclic amines) is 1. The third kappa shape index (κ3) is 6.63. The molecule has 3 aromatic rings. The lowest BCUT2D eigenvalue weighted by atomic mass is 10.00. The van der Waals surface area contributed by atoms with Gasteiger partial charge in [0.05, 0.1) is 7.11 Å². The molecule has 7 heteroatoms. The first kappa shape index (κ1) is 24.8. The molecule has 0 spiro atoms. The number of nitrogens with zero attached hydrogens (tertiary/aromatic N) is 3. The third-order valence-corrected chi connectivity index (χ3v) is 6.43. The fraction of sp³-hybridized carbons (Fsp3) is 0.393. The molecule has 1 N–H and O–H groups in total. The van der Waals surface area contributed by atoms with Crippen LogP contribution in [-0.4, -0.2) is 40.9 Å². The highest BCUT2D eigenvalue weighted by molar-refractivity contribution is 5.96. The summed E-state index contributed by atoms with van der Waals surface area (Å²) in [5, 5.41) is 3.24. The number of benzene rings is 2. The molecule has 1 saturated heterocycles. The summed E-state index contributed by atoms with van der Waals surface area (Å²) in [6.45, 7) is 5.15. The monoisotopic (exact) mass is 476 g/mol. The number of rotatable bonds is 10. The predicted octanol–water partition coefficient (Wildman–Crippen LogP) is 5.73. The highest BCUT2D eigenvalue weighted by Gasteiger charge is 2.15. The van der Waals surface area contributed by atoms with Gasteiger partial charge in [0.25, 0.3) is 0 Å². The third-order valence-electron chi connectivity index (χ3n) is 6.43. The summed E-state index contributed by atoms with van der Waals surface area (Å²) in [7, 11) is 1.41. The van der Waals surface area contributed by atoms with Crippen molar-refractivity contribution >= 4 is 17.4 Å². The van der Waals surface area contributed by atoms with Crippen LogP contribution in [0.2, 0.25) is 0 Å². The first-order valence-electron chi connectivity index (χ1n) is 12.3. The van der Waals surface area contributed by atoms with Gasteiger partial charge in [0, 0.05) is 36.6 Å². The number of ketones is 1. The summed E-state index contributed by atoms with van der Waals surface area (Å²) < 4.78 is 19.8. The molecule has 0 amide bonds. The zero-order valence-corrected chi connectivity index (χ0v) is 20.5. The van der Waals surface area contributed by atoms with Crippen LogP contribution in [0.25, 0.3) is 0 Å². The number of hydrogen-bond donors (Lipinski definition) is 1. The van der Waals surface area contributed by atoms with E-state index >= 15 is 0 Å². The molecule has 0 radical (unpaired) electrons. The van der Waals surface area contributed by atoms with Gasteiger partial charge in [-0.1, -0.05) is 25.5 Å². The number of Topliss-reactive ketones (excluding diaryl/α,β-unsaturated/α-hetero) is 1. The summed E-state index contributed by atoms with van der Waals surface area (Å²) in [5.74, 6) is 0.142. The lowest BCUT2D eigenvalue weighted by Gasteiger charge is -2.26. The van der Waals surface area contributed by atoms with Crippen LogP contribution in [0, 0.1) is 5.82 Å². The van der Waals surface area contributed by atoms with Crippen molar-refractivity contribution in [1.29, 1.82) is 0 Å². The fourth-order valence-corrected chi connectivity index (χ4v) is 4.38. The van der Waals surface area contributed by atoms with Gasteiger partial charge in [0.1, 0.15) is 0 Å². The van der Waals surface area contributed by atoms with Crippen LogP contribution in [0.15, 0.2) is 48.8 Å². The Labute approximate surface area is 206 Å². The number of piperidine rings is 1. The summed E-state index contributed by atoms with van der Waals surface area (Å²) in [4.78, 5) is 23.4. The highest BCUT2D eigenvalue weighted by Crippen LogP contribution is 2.25. The smallest absolute Gasteiger partial charge is 0.227 e. The second kappa shape index (κ2) is 11.9. The minimum atomic E-state index is -0.428. The van der Waals surface area contributed by atoms with Crippen molar-refractivity contribution in [2.45, 2.75) is 52.0 Å². The predicted molar refractivity (Wildman–Crippen MR) is 136 cm³/mol. The van der Waals surface area contributed by atoms with Crippen LogP contribution in [0.4, 0.5) is 16.0 Å². The lowest BCUT2D eigenvalue weighted by molar-refractivity contribution is 0.0987. The van der Waals surface area contributed by atoms with E-state index < -0.39 is 5.82 Å². The number of aromatic nitrogens is 2. The summed E-state index contributed by atoms with van der Waals surface area (Å²) >= 11 is 0. The zero-order valence-electron chi connectivity index (χ0n) is 20.5. The van der Waals surface area contributed by atoms with Crippen LogP contribution in [0.3, 0.4) is 0 Å². The number of ether oxygens (including phenoxy) is 1. The number of anilines is 2. The maximum Gasteiger partial charge on any atom is 0.227 e. The molecule has 0 aliphatic carbocycles. The number of hydrogen-bond acceptors (Lipinski definition) is 6. The van der Waals surface area contributed by atoms with E-state index in [2.05, 4.69) is 44.5 Å².